The Bertz CT molecular complexity index is 710. The lowest BCUT2D eigenvalue weighted by Gasteiger charge is -2.03. The maximum Gasteiger partial charge on any atom is 0.243 e. The first-order chi connectivity index (χ1) is 10.6. The van der Waals surface area contributed by atoms with E-state index in [0.29, 0.717) is 11.6 Å². The highest BCUT2D eigenvalue weighted by atomic mass is 16.3. The summed E-state index contributed by atoms with van der Waals surface area (Å²) in [6, 6.07) is 16.9. The molecule has 0 bridgehead atoms. The van der Waals surface area contributed by atoms with E-state index in [1.807, 2.05) is 24.3 Å². The number of carbonyl (C=O) groups excluding carboxylic acids is 1. The van der Waals surface area contributed by atoms with Gasteiger partial charge in [0.1, 0.15) is 5.75 Å². The minimum absolute atomic E-state index is 0.00289. The van der Waals surface area contributed by atoms with E-state index in [2.05, 4.69) is 22.7 Å². The van der Waals surface area contributed by atoms with E-state index in [9.17, 15) is 9.90 Å². The quantitative estimate of drug-likeness (QED) is 0.672. The smallest absolute Gasteiger partial charge is 0.243 e. The standard InChI is InChI=1S/C18H18N2O2/c1-12(14-8-5-9-15(21)10-14)19-20-18(22)17-11-16(17)13-6-3-2-4-7-13/h2-10,16-17,21H,11H2,1H3,(H,20,22)/b19-12-/t16-,17-/m0/s1. The van der Waals surface area contributed by atoms with Crippen LogP contribution in [0.15, 0.2) is 59.7 Å². The SMILES string of the molecule is C/C(=N/NC(=O)[C@H]1C[C@H]1c1ccccc1)c1cccc(O)c1. The van der Waals surface area contributed by atoms with Crippen molar-refractivity contribution >= 4 is 11.6 Å². The number of carbonyl (C=O) groups is 1. The molecule has 0 aliphatic heterocycles. The molecule has 0 radical (unpaired) electrons. The van der Waals surface area contributed by atoms with Crippen LogP contribution in [0.1, 0.15) is 30.4 Å². The Morgan fingerprint density at radius 3 is 2.68 bits per heavy atom. The molecule has 2 N–H and O–H groups in total. The van der Waals surface area contributed by atoms with E-state index in [0.717, 1.165) is 12.0 Å². The molecule has 4 heteroatoms. The van der Waals surface area contributed by atoms with Crippen LogP contribution in [0.3, 0.4) is 0 Å². The normalized spacial score (nSPS) is 20.5. The molecule has 1 fully saturated rings. The molecule has 1 amide bonds. The highest BCUT2D eigenvalue weighted by Crippen LogP contribution is 2.47. The number of hydrogen-bond donors (Lipinski definition) is 2. The van der Waals surface area contributed by atoms with Crippen molar-refractivity contribution in [3.8, 4) is 5.75 Å². The Kier molecular flexibility index (Phi) is 3.92. The van der Waals surface area contributed by atoms with Gasteiger partial charge in [0.25, 0.3) is 0 Å². The van der Waals surface area contributed by atoms with Crippen molar-refractivity contribution in [1.82, 2.24) is 5.43 Å². The molecule has 2 atom stereocenters. The van der Waals surface area contributed by atoms with Crippen molar-refractivity contribution in [1.29, 1.82) is 0 Å². The molecule has 2 aromatic carbocycles. The lowest BCUT2D eigenvalue weighted by atomic mass is 10.1. The topological polar surface area (TPSA) is 61.7 Å². The Morgan fingerprint density at radius 1 is 1.18 bits per heavy atom. The number of aromatic hydroxyl groups is 1. The molecule has 1 saturated carbocycles. The number of hydrogen-bond acceptors (Lipinski definition) is 3. The zero-order chi connectivity index (χ0) is 15.5. The van der Waals surface area contributed by atoms with Crippen LogP contribution in [0.2, 0.25) is 0 Å². The van der Waals surface area contributed by atoms with Crippen molar-refractivity contribution in [2.75, 3.05) is 0 Å². The third-order valence-corrected chi connectivity index (χ3v) is 3.95. The summed E-state index contributed by atoms with van der Waals surface area (Å²) < 4.78 is 0. The van der Waals surface area contributed by atoms with Gasteiger partial charge in [-0.2, -0.15) is 5.10 Å². The lowest BCUT2D eigenvalue weighted by Crippen LogP contribution is -2.21. The summed E-state index contributed by atoms with van der Waals surface area (Å²) >= 11 is 0. The maximum absolute atomic E-state index is 12.1. The van der Waals surface area contributed by atoms with Crippen LogP contribution in [-0.4, -0.2) is 16.7 Å². The molecule has 0 aromatic heterocycles. The summed E-state index contributed by atoms with van der Waals surface area (Å²) in [6.07, 6.45) is 0.872. The summed E-state index contributed by atoms with van der Waals surface area (Å²) in [7, 11) is 0. The van der Waals surface area contributed by atoms with Crippen LogP contribution in [0.25, 0.3) is 0 Å². The molecule has 112 valence electrons. The number of amides is 1. The fourth-order valence-corrected chi connectivity index (χ4v) is 2.57. The van der Waals surface area contributed by atoms with Gasteiger partial charge in [-0.1, -0.05) is 42.5 Å². The van der Waals surface area contributed by atoms with Gasteiger partial charge in [-0.25, -0.2) is 5.43 Å². The molecule has 2 aromatic rings. The van der Waals surface area contributed by atoms with Gasteiger partial charge >= 0.3 is 0 Å². The summed E-state index contributed by atoms with van der Waals surface area (Å²) in [6.45, 7) is 1.80. The fraction of sp³-hybridized carbons (Fsp3) is 0.222. The summed E-state index contributed by atoms with van der Waals surface area (Å²) in [5.74, 6) is 0.443. The molecule has 0 spiro atoms. The van der Waals surface area contributed by atoms with Crippen molar-refractivity contribution in [2.45, 2.75) is 19.3 Å². The van der Waals surface area contributed by atoms with E-state index < -0.39 is 0 Å². The van der Waals surface area contributed by atoms with Crippen molar-refractivity contribution in [3.63, 3.8) is 0 Å². The summed E-state index contributed by atoms with van der Waals surface area (Å²) in [4.78, 5) is 12.1. The number of nitrogens with one attached hydrogen (secondary N) is 1. The first-order valence-electron chi connectivity index (χ1n) is 7.33. The minimum Gasteiger partial charge on any atom is -0.508 e. The number of phenolic OH excluding ortho intramolecular Hbond substituents is 1. The Balaban J connectivity index is 1.60. The van der Waals surface area contributed by atoms with Crippen LogP contribution in [0, 0.1) is 5.92 Å². The van der Waals surface area contributed by atoms with Gasteiger partial charge in [0.2, 0.25) is 5.91 Å². The molecule has 0 saturated heterocycles. The van der Waals surface area contributed by atoms with Crippen molar-refractivity contribution in [3.05, 3.63) is 65.7 Å². The van der Waals surface area contributed by atoms with E-state index in [1.54, 1.807) is 25.1 Å². The Morgan fingerprint density at radius 2 is 1.95 bits per heavy atom. The van der Waals surface area contributed by atoms with E-state index >= 15 is 0 Å². The number of benzene rings is 2. The van der Waals surface area contributed by atoms with Crippen LogP contribution >= 0.6 is 0 Å². The van der Waals surface area contributed by atoms with Gasteiger partial charge in [-0.15, -0.1) is 0 Å². The molecular weight excluding hydrogens is 276 g/mol. The number of nitrogens with zero attached hydrogens (tertiary/aromatic N) is 1. The Labute approximate surface area is 129 Å². The highest BCUT2D eigenvalue weighted by molar-refractivity contribution is 5.99. The third-order valence-electron chi connectivity index (χ3n) is 3.95. The third kappa shape index (κ3) is 3.17. The van der Waals surface area contributed by atoms with Crippen LogP contribution in [0.4, 0.5) is 0 Å². The first-order valence-corrected chi connectivity index (χ1v) is 7.33. The van der Waals surface area contributed by atoms with E-state index in [4.69, 9.17) is 0 Å². The molecule has 1 aliphatic carbocycles. The number of phenols is 1. The van der Waals surface area contributed by atoms with Gasteiger partial charge in [0.05, 0.1) is 5.71 Å². The average molecular weight is 294 g/mol. The summed E-state index contributed by atoms with van der Waals surface area (Å²) in [5, 5.41) is 13.6. The van der Waals surface area contributed by atoms with Crippen LogP contribution in [-0.2, 0) is 4.79 Å². The van der Waals surface area contributed by atoms with Gasteiger partial charge < -0.3 is 5.11 Å². The fourth-order valence-electron chi connectivity index (χ4n) is 2.57. The zero-order valence-electron chi connectivity index (χ0n) is 12.4. The molecular formula is C18H18N2O2. The van der Waals surface area contributed by atoms with Crippen molar-refractivity contribution < 1.29 is 9.90 Å². The molecule has 1 aliphatic rings. The molecule has 3 rings (SSSR count). The number of rotatable bonds is 4. The van der Waals surface area contributed by atoms with E-state index in [-0.39, 0.29) is 17.6 Å². The minimum atomic E-state index is -0.0478. The second kappa shape index (κ2) is 6.02. The van der Waals surface area contributed by atoms with Gasteiger partial charge in [-0.3, -0.25) is 4.79 Å². The second-order valence-electron chi connectivity index (χ2n) is 5.58. The first kappa shape index (κ1) is 14.3. The largest absolute Gasteiger partial charge is 0.508 e. The van der Waals surface area contributed by atoms with E-state index in [1.165, 1.54) is 5.56 Å². The average Bonchev–Trinajstić information content (AvgIpc) is 3.34. The zero-order valence-corrected chi connectivity index (χ0v) is 12.4. The highest BCUT2D eigenvalue weighted by Gasteiger charge is 2.43. The lowest BCUT2D eigenvalue weighted by molar-refractivity contribution is -0.122. The molecule has 0 heterocycles. The maximum atomic E-state index is 12.1. The number of hydrazone groups is 1. The van der Waals surface area contributed by atoms with Gasteiger partial charge in [-0.05, 0) is 37.0 Å². The predicted octanol–water partition coefficient (Wildman–Crippen LogP) is 3.04. The van der Waals surface area contributed by atoms with Crippen molar-refractivity contribution in [2.24, 2.45) is 11.0 Å². The van der Waals surface area contributed by atoms with Gasteiger partial charge in [0, 0.05) is 11.5 Å². The van der Waals surface area contributed by atoms with Gasteiger partial charge in [0.15, 0.2) is 0 Å². The van der Waals surface area contributed by atoms with Crippen LogP contribution < -0.4 is 5.43 Å². The molecule has 4 nitrogen and oxygen atoms in total. The molecule has 22 heavy (non-hydrogen) atoms. The summed E-state index contributed by atoms with van der Waals surface area (Å²) in [5.41, 5.74) is 5.29. The molecule has 0 unspecified atom stereocenters. The predicted molar refractivity (Wildman–Crippen MR) is 85.8 cm³/mol. The monoisotopic (exact) mass is 294 g/mol. The Hall–Kier alpha value is -2.62. The second-order valence-corrected chi connectivity index (χ2v) is 5.58. The van der Waals surface area contributed by atoms with Crippen LogP contribution in [0.5, 0.6) is 5.75 Å².